The molecule has 0 heterocycles. The first-order chi connectivity index (χ1) is 11.3. The van der Waals surface area contributed by atoms with Gasteiger partial charge in [0.1, 0.15) is 20.1 Å². The average molecular weight is 365 g/mol. The molecule has 6 heteroatoms. The number of halogens is 1. The summed E-state index contributed by atoms with van der Waals surface area (Å²) in [5, 5.41) is 0.356. The molecule has 0 bridgehead atoms. The maximum Gasteiger partial charge on any atom is 0.377 e. The number of benzene rings is 1. The molecule has 1 aromatic carbocycles. The number of rotatable bonds is 6. The van der Waals surface area contributed by atoms with Crippen LogP contribution in [0.25, 0.3) is 0 Å². The first-order valence-electron chi connectivity index (χ1n) is 7.25. The first-order valence-corrected chi connectivity index (χ1v) is 10.8. The molecule has 0 saturated heterocycles. The van der Waals surface area contributed by atoms with Crippen molar-refractivity contribution in [3.05, 3.63) is 53.5 Å². The van der Waals surface area contributed by atoms with Crippen LogP contribution in [0.3, 0.4) is 0 Å². The van der Waals surface area contributed by atoms with Crippen LogP contribution in [-0.2, 0) is 14.3 Å². The predicted octanol–water partition coefficient (Wildman–Crippen LogP) is 4.16. The highest BCUT2D eigenvalue weighted by molar-refractivity contribution is 6.85. The van der Waals surface area contributed by atoms with Gasteiger partial charge >= 0.3 is 5.97 Å². The monoisotopic (exact) mass is 364 g/mol. The van der Waals surface area contributed by atoms with Crippen molar-refractivity contribution in [3.8, 4) is 17.2 Å². The van der Waals surface area contributed by atoms with E-state index in [1.54, 1.807) is 18.2 Å². The van der Waals surface area contributed by atoms with Crippen molar-refractivity contribution in [2.45, 2.75) is 19.1 Å². The minimum atomic E-state index is -1.64. The lowest BCUT2D eigenvalue weighted by Crippen LogP contribution is -2.21. The molecule has 0 aliphatic carbocycles. The zero-order valence-corrected chi connectivity index (χ0v) is 16.1. The normalized spacial score (nSPS) is 11.1. The molecular formula is C18H21ClO4Si. The summed E-state index contributed by atoms with van der Waals surface area (Å²) in [6, 6.07) is 6.07. The van der Waals surface area contributed by atoms with Crippen molar-refractivity contribution in [2.24, 2.45) is 0 Å². The van der Waals surface area contributed by atoms with Gasteiger partial charge in [-0.15, -0.1) is 12.1 Å². The summed E-state index contributed by atoms with van der Waals surface area (Å²) < 4.78 is 15.0. The van der Waals surface area contributed by atoms with Crippen LogP contribution in [0.15, 0.2) is 42.9 Å². The number of allylic oxidation sites excluding steroid dienone is 1. The number of methoxy groups -OCH3 is 2. The van der Waals surface area contributed by atoms with Gasteiger partial charge in [-0.3, -0.25) is 0 Å². The lowest BCUT2D eigenvalue weighted by molar-refractivity contribution is -0.138. The highest BCUT2D eigenvalue weighted by atomic mass is 35.5. The lowest BCUT2D eigenvalue weighted by Gasteiger charge is -2.11. The summed E-state index contributed by atoms with van der Waals surface area (Å²) >= 11 is 6.13. The Labute approximate surface area is 149 Å². The Morgan fingerprint density at radius 2 is 2.08 bits per heavy atom. The van der Waals surface area contributed by atoms with Gasteiger partial charge in [0.05, 0.1) is 19.2 Å². The van der Waals surface area contributed by atoms with E-state index in [-0.39, 0.29) is 5.76 Å². The zero-order chi connectivity index (χ0) is 18.2. The smallest absolute Gasteiger partial charge is 0.377 e. The van der Waals surface area contributed by atoms with Crippen molar-refractivity contribution >= 4 is 25.6 Å². The molecule has 0 N–H and O–H groups in total. The fraction of sp³-hybridized carbons (Fsp3) is 0.278. The van der Waals surface area contributed by atoms with Gasteiger partial charge in [-0.1, -0.05) is 36.7 Å². The standard InChI is InChI=1S/C18H21ClO4Si/c1-6-10-24(4,5)11-9-14-7-8-15(19)16(12-14)23-17(13-21-2)18(20)22-3/h6-8,12-13H,1,10H2,2-5H3/b17-13-. The summed E-state index contributed by atoms with van der Waals surface area (Å²) in [5.41, 5.74) is 4.07. The summed E-state index contributed by atoms with van der Waals surface area (Å²) in [5.74, 6) is 2.68. The molecule has 0 aliphatic heterocycles. The molecule has 128 valence electrons. The third kappa shape index (κ3) is 6.15. The summed E-state index contributed by atoms with van der Waals surface area (Å²) in [4.78, 5) is 11.7. The first kappa shape index (κ1) is 19.9. The Hall–Kier alpha value is -2.16. The topological polar surface area (TPSA) is 44.8 Å². The molecule has 0 amide bonds. The fourth-order valence-corrected chi connectivity index (χ4v) is 3.22. The number of ether oxygens (including phenoxy) is 3. The molecule has 1 aromatic rings. The molecule has 0 saturated carbocycles. The summed E-state index contributed by atoms with van der Waals surface area (Å²) in [6.07, 6.45) is 3.05. The van der Waals surface area contributed by atoms with E-state index in [4.69, 9.17) is 21.1 Å². The van der Waals surface area contributed by atoms with Gasteiger partial charge in [0.25, 0.3) is 0 Å². The van der Waals surface area contributed by atoms with Gasteiger partial charge in [-0.05, 0) is 24.2 Å². The molecule has 0 aliphatic rings. The van der Waals surface area contributed by atoms with Crippen LogP contribution in [0.5, 0.6) is 5.75 Å². The Balaban J connectivity index is 3.10. The van der Waals surface area contributed by atoms with E-state index in [0.717, 1.165) is 17.9 Å². The average Bonchev–Trinajstić information content (AvgIpc) is 2.54. The third-order valence-corrected chi connectivity index (χ3v) is 5.39. The van der Waals surface area contributed by atoms with Crippen molar-refractivity contribution in [2.75, 3.05) is 14.2 Å². The van der Waals surface area contributed by atoms with Gasteiger partial charge in [0.15, 0.2) is 0 Å². The molecule has 0 aromatic heterocycles. The second kappa shape index (κ2) is 9.21. The second-order valence-corrected chi connectivity index (χ2v) is 10.4. The lowest BCUT2D eigenvalue weighted by atomic mass is 10.2. The Morgan fingerprint density at radius 3 is 2.67 bits per heavy atom. The molecule has 0 atom stereocenters. The highest BCUT2D eigenvalue weighted by Gasteiger charge is 2.16. The molecule has 4 nitrogen and oxygen atoms in total. The number of carbonyl (C=O) groups is 1. The molecule has 0 radical (unpaired) electrons. The minimum absolute atomic E-state index is 0.103. The third-order valence-electron chi connectivity index (χ3n) is 2.96. The van der Waals surface area contributed by atoms with E-state index in [1.165, 1.54) is 14.2 Å². The Morgan fingerprint density at radius 1 is 1.38 bits per heavy atom. The van der Waals surface area contributed by atoms with Crippen LogP contribution in [0, 0.1) is 11.5 Å². The van der Waals surface area contributed by atoms with E-state index in [2.05, 4.69) is 35.9 Å². The van der Waals surface area contributed by atoms with Crippen molar-refractivity contribution in [1.82, 2.24) is 0 Å². The van der Waals surface area contributed by atoms with E-state index < -0.39 is 14.0 Å². The van der Waals surface area contributed by atoms with Crippen LogP contribution < -0.4 is 4.74 Å². The van der Waals surface area contributed by atoms with Gasteiger partial charge in [0, 0.05) is 5.56 Å². The van der Waals surface area contributed by atoms with Crippen LogP contribution in [0.4, 0.5) is 0 Å². The van der Waals surface area contributed by atoms with Gasteiger partial charge < -0.3 is 14.2 Å². The van der Waals surface area contributed by atoms with Crippen LogP contribution >= 0.6 is 11.6 Å². The van der Waals surface area contributed by atoms with Crippen LogP contribution in [0.1, 0.15) is 5.56 Å². The fourth-order valence-electron chi connectivity index (χ4n) is 1.75. The zero-order valence-electron chi connectivity index (χ0n) is 14.3. The number of hydrogen-bond acceptors (Lipinski definition) is 4. The number of hydrogen-bond donors (Lipinski definition) is 0. The second-order valence-electron chi connectivity index (χ2n) is 5.58. The number of carbonyl (C=O) groups excluding carboxylic acids is 1. The van der Waals surface area contributed by atoms with E-state index in [1.807, 2.05) is 6.08 Å². The molecule has 0 unspecified atom stereocenters. The van der Waals surface area contributed by atoms with Gasteiger partial charge in [-0.25, -0.2) is 4.79 Å². The van der Waals surface area contributed by atoms with Gasteiger partial charge in [0.2, 0.25) is 5.76 Å². The number of esters is 1. The quantitative estimate of drug-likeness (QED) is 0.190. The largest absolute Gasteiger partial charge is 0.500 e. The Bertz CT molecular complexity index is 699. The van der Waals surface area contributed by atoms with Crippen molar-refractivity contribution < 1.29 is 19.0 Å². The molecule has 0 fully saturated rings. The Kier molecular flexibility index (Phi) is 7.63. The van der Waals surface area contributed by atoms with Gasteiger partial charge in [-0.2, -0.15) is 0 Å². The van der Waals surface area contributed by atoms with E-state index in [9.17, 15) is 4.79 Å². The maximum atomic E-state index is 11.7. The summed E-state index contributed by atoms with van der Waals surface area (Å²) in [6.45, 7) is 8.11. The van der Waals surface area contributed by atoms with Crippen LogP contribution in [0.2, 0.25) is 24.2 Å². The minimum Gasteiger partial charge on any atom is -0.500 e. The van der Waals surface area contributed by atoms with Crippen molar-refractivity contribution in [1.29, 1.82) is 0 Å². The van der Waals surface area contributed by atoms with Crippen LogP contribution in [-0.4, -0.2) is 28.3 Å². The maximum absolute atomic E-state index is 11.7. The molecule has 1 rings (SSSR count). The van der Waals surface area contributed by atoms with E-state index >= 15 is 0 Å². The van der Waals surface area contributed by atoms with Crippen molar-refractivity contribution in [3.63, 3.8) is 0 Å². The predicted molar refractivity (Wildman–Crippen MR) is 98.6 cm³/mol. The molecule has 24 heavy (non-hydrogen) atoms. The molecule has 0 spiro atoms. The highest BCUT2D eigenvalue weighted by Crippen LogP contribution is 2.27. The summed E-state index contributed by atoms with van der Waals surface area (Å²) in [7, 11) is 1.02. The SMILES string of the molecule is C=CC[Si](C)(C)C#Cc1ccc(Cl)c(O/C(=C\OC)C(=O)OC)c1. The van der Waals surface area contributed by atoms with E-state index in [0.29, 0.717) is 10.8 Å². The molecular weight excluding hydrogens is 344 g/mol.